The molecule has 1 aromatic heterocycles. The highest BCUT2D eigenvalue weighted by Gasteiger charge is 2.12. The molecule has 4 nitrogen and oxygen atoms in total. The highest BCUT2D eigenvalue weighted by atomic mass is 15.4. The largest absolute Gasteiger partial charge is 0.311 e. The van der Waals surface area contributed by atoms with Crippen LogP contribution in [0.1, 0.15) is 45.7 Å². The van der Waals surface area contributed by atoms with Crippen molar-refractivity contribution in [3.63, 3.8) is 0 Å². The van der Waals surface area contributed by atoms with Crippen LogP contribution in [0.4, 0.5) is 0 Å². The van der Waals surface area contributed by atoms with E-state index in [0.717, 1.165) is 12.1 Å². The average molecular weight is 224 g/mol. The van der Waals surface area contributed by atoms with Crippen molar-refractivity contribution in [1.82, 2.24) is 20.3 Å². The van der Waals surface area contributed by atoms with Gasteiger partial charge in [-0.05, 0) is 6.42 Å². The smallest absolute Gasteiger partial charge is 0.0842 e. The monoisotopic (exact) mass is 224 g/mol. The molecule has 16 heavy (non-hydrogen) atoms. The molecule has 1 unspecified atom stereocenters. The molecule has 0 spiro atoms. The zero-order valence-corrected chi connectivity index (χ0v) is 10.9. The lowest BCUT2D eigenvalue weighted by atomic mass is 10.0. The van der Waals surface area contributed by atoms with E-state index in [1.54, 1.807) is 4.68 Å². The van der Waals surface area contributed by atoms with Gasteiger partial charge in [0.1, 0.15) is 0 Å². The second-order valence-electron chi connectivity index (χ2n) is 4.75. The molecule has 0 aliphatic carbocycles. The molecule has 0 aromatic carbocycles. The van der Waals surface area contributed by atoms with Gasteiger partial charge in [0.15, 0.2) is 0 Å². The topological polar surface area (TPSA) is 42.7 Å². The maximum absolute atomic E-state index is 4.14. The van der Waals surface area contributed by atoms with Crippen molar-refractivity contribution in [3.8, 4) is 0 Å². The first kappa shape index (κ1) is 13.2. The summed E-state index contributed by atoms with van der Waals surface area (Å²) < 4.78 is 1.77. The highest BCUT2D eigenvalue weighted by Crippen LogP contribution is 2.07. The Morgan fingerprint density at radius 2 is 2.19 bits per heavy atom. The molecule has 1 rings (SSSR count). The number of hydrogen-bond acceptors (Lipinski definition) is 3. The van der Waals surface area contributed by atoms with Crippen LogP contribution in [0, 0.1) is 0 Å². The summed E-state index contributed by atoms with van der Waals surface area (Å²) in [6, 6.07) is 1.05. The molecule has 92 valence electrons. The van der Waals surface area contributed by atoms with Gasteiger partial charge >= 0.3 is 0 Å². The van der Waals surface area contributed by atoms with E-state index < -0.39 is 0 Å². The van der Waals surface area contributed by atoms with Crippen LogP contribution in [-0.2, 0) is 13.5 Å². The fraction of sp³-hybridized carbons (Fsp3) is 0.833. The third-order valence-corrected chi connectivity index (χ3v) is 2.58. The number of rotatable bonds is 7. The number of aromatic nitrogens is 3. The Morgan fingerprint density at radius 3 is 2.69 bits per heavy atom. The summed E-state index contributed by atoms with van der Waals surface area (Å²) in [7, 11) is 1.91. The standard InChI is InChI=1S/C12H24N4/c1-5-6-7-11(13-10(2)3)8-12-9-16(4)15-14-12/h9-11,13H,5-8H2,1-4H3. The second-order valence-corrected chi connectivity index (χ2v) is 4.75. The molecule has 1 heterocycles. The van der Waals surface area contributed by atoms with Crippen LogP contribution in [0.25, 0.3) is 0 Å². The Bertz CT molecular complexity index is 293. The predicted molar refractivity (Wildman–Crippen MR) is 66.3 cm³/mol. The Labute approximate surface area is 98.4 Å². The molecule has 1 N–H and O–H groups in total. The maximum atomic E-state index is 4.14. The van der Waals surface area contributed by atoms with Gasteiger partial charge in [0.05, 0.1) is 5.69 Å². The van der Waals surface area contributed by atoms with E-state index in [-0.39, 0.29) is 0 Å². The molecule has 0 radical (unpaired) electrons. The van der Waals surface area contributed by atoms with E-state index in [4.69, 9.17) is 0 Å². The van der Waals surface area contributed by atoms with Gasteiger partial charge in [0.2, 0.25) is 0 Å². The molecule has 1 atom stereocenters. The first-order chi connectivity index (χ1) is 7.61. The van der Waals surface area contributed by atoms with E-state index >= 15 is 0 Å². The van der Waals surface area contributed by atoms with Crippen molar-refractivity contribution in [2.45, 2.75) is 58.5 Å². The van der Waals surface area contributed by atoms with Crippen LogP contribution >= 0.6 is 0 Å². The second kappa shape index (κ2) is 6.63. The lowest BCUT2D eigenvalue weighted by Gasteiger charge is -2.20. The van der Waals surface area contributed by atoms with Crippen LogP contribution in [0.2, 0.25) is 0 Å². The van der Waals surface area contributed by atoms with Gasteiger partial charge in [0.25, 0.3) is 0 Å². The third-order valence-electron chi connectivity index (χ3n) is 2.58. The van der Waals surface area contributed by atoms with Gasteiger partial charge in [0, 0.05) is 31.7 Å². The van der Waals surface area contributed by atoms with Crippen molar-refractivity contribution < 1.29 is 0 Å². The summed E-state index contributed by atoms with van der Waals surface area (Å²) in [5.41, 5.74) is 1.08. The van der Waals surface area contributed by atoms with Crippen molar-refractivity contribution in [3.05, 3.63) is 11.9 Å². The zero-order chi connectivity index (χ0) is 12.0. The van der Waals surface area contributed by atoms with Crippen LogP contribution in [0.15, 0.2) is 6.20 Å². The van der Waals surface area contributed by atoms with Gasteiger partial charge in [-0.2, -0.15) is 0 Å². The van der Waals surface area contributed by atoms with Gasteiger partial charge < -0.3 is 5.32 Å². The van der Waals surface area contributed by atoms with Crippen molar-refractivity contribution in [2.75, 3.05) is 0 Å². The summed E-state index contributed by atoms with van der Waals surface area (Å²) >= 11 is 0. The van der Waals surface area contributed by atoms with Crippen LogP contribution in [0.5, 0.6) is 0 Å². The number of nitrogens with zero attached hydrogens (tertiary/aromatic N) is 3. The Morgan fingerprint density at radius 1 is 1.44 bits per heavy atom. The van der Waals surface area contributed by atoms with E-state index in [1.165, 1.54) is 19.3 Å². The Hall–Kier alpha value is -0.900. The van der Waals surface area contributed by atoms with E-state index in [9.17, 15) is 0 Å². The fourth-order valence-electron chi connectivity index (χ4n) is 1.91. The van der Waals surface area contributed by atoms with Gasteiger partial charge in [-0.15, -0.1) is 5.10 Å². The summed E-state index contributed by atoms with van der Waals surface area (Å²) in [5.74, 6) is 0. The van der Waals surface area contributed by atoms with Crippen molar-refractivity contribution >= 4 is 0 Å². The van der Waals surface area contributed by atoms with Gasteiger partial charge in [-0.1, -0.05) is 38.8 Å². The van der Waals surface area contributed by atoms with Crippen molar-refractivity contribution in [2.24, 2.45) is 7.05 Å². The SMILES string of the molecule is CCCCC(Cc1cn(C)nn1)NC(C)C. The summed E-state index contributed by atoms with van der Waals surface area (Å²) in [4.78, 5) is 0. The molecule has 0 saturated carbocycles. The Kier molecular flexibility index (Phi) is 5.46. The van der Waals surface area contributed by atoms with Crippen LogP contribution < -0.4 is 5.32 Å². The summed E-state index contributed by atoms with van der Waals surface area (Å²) in [6.07, 6.45) is 6.71. The molecule has 0 amide bonds. The van der Waals surface area contributed by atoms with Crippen LogP contribution in [0.3, 0.4) is 0 Å². The number of nitrogens with one attached hydrogen (secondary N) is 1. The quantitative estimate of drug-likeness (QED) is 0.769. The number of unbranched alkanes of at least 4 members (excludes halogenated alkanes) is 1. The number of hydrogen-bond donors (Lipinski definition) is 1. The molecule has 0 aliphatic heterocycles. The molecule has 4 heteroatoms. The minimum absolute atomic E-state index is 0.525. The first-order valence-electron chi connectivity index (χ1n) is 6.23. The normalized spacial score (nSPS) is 13.3. The molecular weight excluding hydrogens is 200 g/mol. The molecular formula is C12H24N4. The minimum Gasteiger partial charge on any atom is -0.311 e. The minimum atomic E-state index is 0.525. The van der Waals surface area contributed by atoms with Gasteiger partial charge in [-0.25, -0.2) is 0 Å². The van der Waals surface area contributed by atoms with Crippen molar-refractivity contribution in [1.29, 1.82) is 0 Å². The lowest BCUT2D eigenvalue weighted by molar-refractivity contribution is 0.422. The molecule has 0 aliphatic rings. The molecule has 0 fully saturated rings. The zero-order valence-electron chi connectivity index (χ0n) is 10.9. The first-order valence-corrected chi connectivity index (χ1v) is 6.23. The van der Waals surface area contributed by atoms with E-state index in [0.29, 0.717) is 12.1 Å². The Balaban J connectivity index is 2.48. The summed E-state index contributed by atoms with van der Waals surface area (Å²) in [6.45, 7) is 6.61. The average Bonchev–Trinajstić information content (AvgIpc) is 2.59. The molecule has 1 aromatic rings. The predicted octanol–water partition coefficient (Wildman–Crippen LogP) is 1.91. The maximum Gasteiger partial charge on any atom is 0.0842 e. The van der Waals surface area contributed by atoms with E-state index in [2.05, 4.69) is 36.4 Å². The fourth-order valence-corrected chi connectivity index (χ4v) is 1.91. The third kappa shape index (κ3) is 4.75. The van der Waals surface area contributed by atoms with Crippen LogP contribution in [-0.4, -0.2) is 27.1 Å². The number of aryl methyl sites for hydroxylation is 1. The van der Waals surface area contributed by atoms with Gasteiger partial charge in [-0.3, -0.25) is 4.68 Å². The summed E-state index contributed by atoms with van der Waals surface area (Å²) in [5, 5.41) is 11.7. The molecule has 0 bridgehead atoms. The lowest BCUT2D eigenvalue weighted by Crippen LogP contribution is -2.36. The highest BCUT2D eigenvalue weighted by molar-refractivity contribution is 4.96. The molecule has 0 saturated heterocycles. The van der Waals surface area contributed by atoms with E-state index in [1.807, 2.05) is 13.2 Å².